The molecule has 0 saturated carbocycles. The summed E-state index contributed by atoms with van der Waals surface area (Å²) in [5.41, 5.74) is -0.619. The third kappa shape index (κ3) is 16.5. The minimum atomic E-state index is -0.724. The Morgan fingerprint density at radius 2 is 1.42 bits per heavy atom. The molecule has 17 heteroatoms. The summed E-state index contributed by atoms with van der Waals surface area (Å²) in [6.07, 6.45) is 3.35. The summed E-state index contributed by atoms with van der Waals surface area (Å²) in [5.74, 6) is -0.648. The summed E-state index contributed by atoms with van der Waals surface area (Å²) >= 11 is 11.3. The van der Waals surface area contributed by atoms with Crippen molar-refractivity contribution in [3.05, 3.63) is 45.5 Å². The molecule has 15 nitrogen and oxygen atoms in total. The normalized spacial score (nSPS) is 11.7. The summed E-state index contributed by atoms with van der Waals surface area (Å²) in [6, 6.07) is 8.72. The zero-order valence-corrected chi connectivity index (χ0v) is 33.4. The van der Waals surface area contributed by atoms with Gasteiger partial charge in [-0.1, -0.05) is 27.7 Å². The van der Waals surface area contributed by atoms with Gasteiger partial charge in [-0.05, 0) is 43.4 Å². The smallest absolute Gasteiger partial charge is 0.311 e. The number of rotatable bonds is 23. The van der Waals surface area contributed by atoms with Crippen LogP contribution >= 0.6 is 23.2 Å². The van der Waals surface area contributed by atoms with Crippen molar-refractivity contribution < 1.29 is 38.3 Å². The fourth-order valence-corrected chi connectivity index (χ4v) is 5.92. The number of hydrogen-bond donors (Lipinski definition) is 0. The van der Waals surface area contributed by atoms with Gasteiger partial charge in [0.2, 0.25) is 0 Å². The summed E-state index contributed by atoms with van der Waals surface area (Å²) < 4.78 is 22.2. The SMILES string of the molecule is COc1cc(N=Nc2c(C#N)cc([N+](=O)[O-])cc2C#N)c(OC(=O)CC(C)CC(C)(C)C)cc1N(CCCCOC(=O)CCCl)CCCCOC(=O)CCCl. The van der Waals surface area contributed by atoms with E-state index in [1.165, 1.54) is 13.2 Å². The summed E-state index contributed by atoms with van der Waals surface area (Å²) in [4.78, 5) is 49.6. The molecule has 0 N–H and O–H groups in total. The van der Waals surface area contributed by atoms with Crippen LogP contribution in [0.1, 0.15) is 90.2 Å². The van der Waals surface area contributed by atoms with Crippen molar-refractivity contribution in [3.8, 4) is 23.6 Å². The van der Waals surface area contributed by atoms with Crippen molar-refractivity contribution >= 4 is 63.9 Å². The number of alkyl halides is 2. The lowest BCUT2D eigenvalue weighted by Crippen LogP contribution is -2.27. The first-order valence-corrected chi connectivity index (χ1v) is 18.9. The highest BCUT2D eigenvalue weighted by Gasteiger charge is 2.23. The minimum Gasteiger partial charge on any atom is -0.494 e. The van der Waals surface area contributed by atoms with Gasteiger partial charge in [0.1, 0.15) is 29.3 Å². The molecule has 0 radical (unpaired) electrons. The summed E-state index contributed by atoms with van der Waals surface area (Å²) in [7, 11) is 1.45. The molecule has 55 heavy (non-hydrogen) atoms. The molecule has 0 spiro atoms. The van der Waals surface area contributed by atoms with Crippen LogP contribution in [0.2, 0.25) is 0 Å². The van der Waals surface area contributed by atoms with Crippen molar-refractivity contribution in [2.45, 2.75) is 79.1 Å². The maximum absolute atomic E-state index is 13.4. The fourth-order valence-electron chi connectivity index (χ4n) is 5.61. The van der Waals surface area contributed by atoms with Crippen LogP contribution in [0.5, 0.6) is 11.5 Å². The Labute approximate surface area is 331 Å². The average molecular weight is 804 g/mol. The number of carbonyl (C=O) groups excluding carboxylic acids is 3. The van der Waals surface area contributed by atoms with Gasteiger partial charge in [0.25, 0.3) is 5.69 Å². The van der Waals surface area contributed by atoms with Gasteiger partial charge < -0.3 is 23.8 Å². The Kier molecular flexibility index (Phi) is 19.9. The van der Waals surface area contributed by atoms with Crippen LogP contribution in [-0.2, 0) is 23.9 Å². The van der Waals surface area contributed by atoms with E-state index in [0.717, 1.165) is 18.6 Å². The molecular formula is C38H48Cl2N6O9. The molecule has 0 aliphatic heterocycles. The number of carbonyl (C=O) groups is 3. The molecule has 298 valence electrons. The molecule has 1 atom stereocenters. The van der Waals surface area contributed by atoms with E-state index in [4.69, 9.17) is 42.1 Å². The van der Waals surface area contributed by atoms with E-state index in [2.05, 4.69) is 31.0 Å². The first kappa shape index (κ1) is 46.2. The van der Waals surface area contributed by atoms with Crippen molar-refractivity contribution in [1.29, 1.82) is 10.5 Å². The first-order valence-electron chi connectivity index (χ1n) is 17.8. The molecule has 0 bridgehead atoms. The number of methoxy groups -OCH3 is 1. The van der Waals surface area contributed by atoms with E-state index in [0.29, 0.717) is 50.2 Å². The van der Waals surface area contributed by atoms with Crippen LogP contribution in [-0.4, -0.2) is 68.0 Å². The highest BCUT2D eigenvalue weighted by atomic mass is 35.5. The van der Waals surface area contributed by atoms with Gasteiger partial charge in [0, 0.05) is 55.5 Å². The van der Waals surface area contributed by atoms with Crippen LogP contribution in [0.4, 0.5) is 22.7 Å². The fraction of sp³-hybridized carbons (Fsp3) is 0.553. The van der Waals surface area contributed by atoms with E-state index in [1.54, 1.807) is 6.07 Å². The number of esters is 3. The molecule has 2 rings (SSSR count). The number of non-ortho nitro benzene ring substituents is 1. The number of nitriles is 2. The first-order chi connectivity index (χ1) is 26.2. The summed E-state index contributed by atoms with van der Waals surface area (Å²) in [5, 5.41) is 39.3. The Balaban J connectivity index is 2.59. The summed E-state index contributed by atoms with van der Waals surface area (Å²) in [6.45, 7) is 9.51. The maximum atomic E-state index is 13.4. The number of anilines is 1. The minimum absolute atomic E-state index is 0.0136. The average Bonchev–Trinajstić information content (AvgIpc) is 3.11. The van der Waals surface area contributed by atoms with E-state index in [1.807, 2.05) is 24.0 Å². The van der Waals surface area contributed by atoms with E-state index in [-0.39, 0.29) is 95.8 Å². The standard InChI is InChI=1S/C38H48Cl2N6O9/c1-26(23-38(2,3)4)18-36(49)55-32-22-31(45(14-6-8-16-53-34(47)10-12-39)15-7-9-17-54-35(48)11-13-40)33(52-5)21-30(32)43-44-37-27(24-41)19-29(46(50)51)20-28(37)25-42/h19-22,26H,6-18,23H2,1-5H3. The molecular weight excluding hydrogens is 755 g/mol. The Hall–Kier alpha value is -4.99. The molecule has 2 aromatic carbocycles. The van der Waals surface area contributed by atoms with Gasteiger partial charge >= 0.3 is 17.9 Å². The lowest BCUT2D eigenvalue weighted by molar-refractivity contribution is -0.384. The van der Waals surface area contributed by atoms with Gasteiger partial charge in [0.15, 0.2) is 5.75 Å². The number of azo groups is 1. The van der Waals surface area contributed by atoms with Crippen molar-refractivity contribution in [3.63, 3.8) is 0 Å². The van der Waals surface area contributed by atoms with Gasteiger partial charge in [-0.3, -0.25) is 24.5 Å². The number of unbranched alkanes of at least 4 members (excludes halogenated alkanes) is 2. The Morgan fingerprint density at radius 3 is 1.87 bits per heavy atom. The highest BCUT2D eigenvalue weighted by molar-refractivity contribution is 6.19. The third-order valence-corrected chi connectivity index (χ3v) is 8.25. The van der Waals surface area contributed by atoms with Crippen LogP contribution in [0.3, 0.4) is 0 Å². The zero-order valence-electron chi connectivity index (χ0n) is 31.9. The van der Waals surface area contributed by atoms with E-state index in [9.17, 15) is 35.0 Å². The van der Waals surface area contributed by atoms with E-state index < -0.39 is 16.6 Å². The highest BCUT2D eigenvalue weighted by Crippen LogP contribution is 2.42. The van der Waals surface area contributed by atoms with Crippen LogP contribution < -0.4 is 14.4 Å². The molecule has 0 aliphatic rings. The third-order valence-electron chi connectivity index (χ3n) is 7.87. The molecule has 1 unspecified atom stereocenters. The van der Waals surface area contributed by atoms with Crippen molar-refractivity contribution in [1.82, 2.24) is 0 Å². The molecule has 0 heterocycles. The van der Waals surface area contributed by atoms with Gasteiger partial charge in [-0.15, -0.1) is 33.4 Å². The molecule has 2 aromatic rings. The Bertz CT molecular complexity index is 1690. The molecule has 0 saturated heterocycles. The number of benzene rings is 2. The van der Waals surface area contributed by atoms with Crippen LogP contribution in [0, 0.1) is 44.1 Å². The maximum Gasteiger partial charge on any atom is 0.311 e. The predicted octanol–water partition coefficient (Wildman–Crippen LogP) is 8.84. The molecule has 0 aromatic heterocycles. The van der Waals surface area contributed by atoms with Crippen molar-refractivity contribution in [2.75, 3.05) is 50.1 Å². The number of nitro benzene ring substituents is 1. The number of halogens is 2. The van der Waals surface area contributed by atoms with Gasteiger partial charge in [-0.2, -0.15) is 10.5 Å². The van der Waals surface area contributed by atoms with Crippen molar-refractivity contribution in [2.24, 2.45) is 21.6 Å². The quantitative estimate of drug-likeness (QED) is 0.0196. The topological polar surface area (TPSA) is 207 Å². The monoisotopic (exact) mass is 802 g/mol. The van der Waals surface area contributed by atoms with E-state index >= 15 is 0 Å². The van der Waals surface area contributed by atoms with Crippen LogP contribution in [0.15, 0.2) is 34.5 Å². The second-order valence-electron chi connectivity index (χ2n) is 13.8. The molecule has 0 aliphatic carbocycles. The number of nitrogens with zero attached hydrogens (tertiary/aromatic N) is 6. The predicted molar refractivity (Wildman–Crippen MR) is 206 cm³/mol. The number of ether oxygens (including phenoxy) is 4. The zero-order chi connectivity index (χ0) is 41.0. The van der Waals surface area contributed by atoms with Crippen LogP contribution in [0.25, 0.3) is 0 Å². The molecule has 0 fully saturated rings. The van der Waals surface area contributed by atoms with Gasteiger partial charge in [-0.25, -0.2) is 0 Å². The second-order valence-corrected chi connectivity index (χ2v) is 14.6. The Morgan fingerprint density at radius 1 is 0.873 bits per heavy atom. The largest absolute Gasteiger partial charge is 0.494 e. The molecule has 0 amide bonds. The van der Waals surface area contributed by atoms with Gasteiger partial charge in [0.05, 0.1) is 54.9 Å². The second kappa shape index (κ2) is 23.7. The number of hydrogen-bond acceptors (Lipinski definition) is 14. The lowest BCUT2D eigenvalue weighted by Gasteiger charge is -2.27. The number of nitro groups is 1. The lowest BCUT2D eigenvalue weighted by atomic mass is 9.84.